The molecule has 0 atom stereocenters. The molecule has 0 spiro atoms. The largest absolute Gasteiger partial charge is 0.341 e. The molecule has 2 aromatic heterocycles. The Bertz CT molecular complexity index is 729. The van der Waals surface area contributed by atoms with Crippen LogP contribution in [0.25, 0.3) is 22.6 Å². The molecule has 21 heavy (non-hydrogen) atoms. The van der Waals surface area contributed by atoms with E-state index in [0.717, 1.165) is 35.7 Å². The third-order valence-corrected chi connectivity index (χ3v) is 3.56. The molecule has 3 aromatic rings. The molecule has 2 heterocycles. The normalized spacial score (nSPS) is 10.8. The number of pyridine rings is 1. The van der Waals surface area contributed by atoms with Gasteiger partial charge >= 0.3 is 0 Å². The SMILES string of the molecule is CCCc1nc(-c2ccccn2)c(-c2ccccc2C)[nH]1. The van der Waals surface area contributed by atoms with E-state index in [4.69, 9.17) is 4.98 Å². The number of rotatable bonds is 4. The van der Waals surface area contributed by atoms with Crippen LogP contribution >= 0.6 is 0 Å². The molecule has 0 saturated carbocycles. The molecule has 0 saturated heterocycles. The Morgan fingerprint density at radius 3 is 2.57 bits per heavy atom. The fraction of sp³-hybridized carbons (Fsp3) is 0.222. The topological polar surface area (TPSA) is 41.6 Å². The van der Waals surface area contributed by atoms with Gasteiger partial charge in [0.1, 0.15) is 11.5 Å². The minimum absolute atomic E-state index is 0.911. The number of aryl methyl sites for hydroxylation is 2. The molecule has 1 N–H and O–H groups in total. The molecule has 0 aliphatic heterocycles. The van der Waals surface area contributed by atoms with Gasteiger partial charge in [0.2, 0.25) is 0 Å². The summed E-state index contributed by atoms with van der Waals surface area (Å²) >= 11 is 0. The molecular formula is C18H19N3. The van der Waals surface area contributed by atoms with E-state index in [1.54, 1.807) is 0 Å². The van der Waals surface area contributed by atoms with Gasteiger partial charge in [-0.1, -0.05) is 37.3 Å². The number of imidazole rings is 1. The van der Waals surface area contributed by atoms with E-state index in [1.807, 2.05) is 24.4 Å². The molecular weight excluding hydrogens is 258 g/mol. The van der Waals surface area contributed by atoms with Crippen LogP contribution in [0, 0.1) is 6.92 Å². The third-order valence-electron chi connectivity index (χ3n) is 3.56. The summed E-state index contributed by atoms with van der Waals surface area (Å²) < 4.78 is 0. The molecule has 3 heteroatoms. The molecule has 0 fully saturated rings. The highest BCUT2D eigenvalue weighted by Crippen LogP contribution is 2.31. The van der Waals surface area contributed by atoms with Gasteiger partial charge in [-0.2, -0.15) is 0 Å². The first-order chi connectivity index (χ1) is 10.3. The summed E-state index contributed by atoms with van der Waals surface area (Å²) in [5, 5.41) is 0. The number of nitrogens with zero attached hydrogens (tertiary/aromatic N) is 2. The Morgan fingerprint density at radius 1 is 1.05 bits per heavy atom. The summed E-state index contributed by atoms with van der Waals surface area (Å²) in [6, 6.07) is 14.3. The van der Waals surface area contributed by atoms with E-state index < -0.39 is 0 Å². The van der Waals surface area contributed by atoms with Crippen LogP contribution in [-0.2, 0) is 6.42 Å². The number of benzene rings is 1. The summed E-state index contributed by atoms with van der Waals surface area (Å²) in [7, 11) is 0. The van der Waals surface area contributed by atoms with Crippen LogP contribution in [0.2, 0.25) is 0 Å². The van der Waals surface area contributed by atoms with E-state index in [0.29, 0.717) is 0 Å². The first kappa shape index (κ1) is 13.6. The maximum atomic E-state index is 4.77. The molecule has 0 aliphatic rings. The van der Waals surface area contributed by atoms with Crippen molar-refractivity contribution in [3.63, 3.8) is 0 Å². The lowest BCUT2D eigenvalue weighted by Crippen LogP contribution is -1.88. The van der Waals surface area contributed by atoms with Gasteiger partial charge in [0.15, 0.2) is 0 Å². The second-order valence-electron chi connectivity index (χ2n) is 5.19. The highest BCUT2D eigenvalue weighted by atomic mass is 15.0. The number of aromatic amines is 1. The Balaban J connectivity index is 2.17. The fourth-order valence-corrected chi connectivity index (χ4v) is 2.51. The first-order valence-electron chi connectivity index (χ1n) is 7.36. The maximum Gasteiger partial charge on any atom is 0.115 e. The molecule has 3 rings (SSSR count). The minimum atomic E-state index is 0.911. The van der Waals surface area contributed by atoms with Crippen molar-refractivity contribution in [3.05, 3.63) is 60.0 Å². The van der Waals surface area contributed by atoms with Gasteiger partial charge in [0.05, 0.1) is 11.4 Å². The molecule has 0 amide bonds. The average Bonchev–Trinajstić information content (AvgIpc) is 2.93. The first-order valence-corrected chi connectivity index (χ1v) is 7.36. The summed E-state index contributed by atoms with van der Waals surface area (Å²) in [5.41, 5.74) is 5.34. The number of hydrogen-bond acceptors (Lipinski definition) is 2. The standard InChI is InChI=1S/C18H19N3/c1-3-8-16-20-17(14-10-5-4-9-13(14)2)18(21-16)15-11-6-7-12-19-15/h4-7,9-12H,3,8H2,1-2H3,(H,20,21). The van der Waals surface area contributed by atoms with Crippen molar-refractivity contribution < 1.29 is 0 Å². The van der Waals surface area contributed by atoms with Crippen LogP contribution in [0.3, 0.4) is 0 Å². The Hall–Kier alpha value is -2.42. The van der Waals surface area contributed by atoms with Crippen LogP contribution in [0.5, 0.6) is 0 Å². The zero-order valence-corrected chi connectivity index (χ0v) is 12.4. The lowest BCUT2D eigenvalue weighted by molar-refractivity contribution is 0.857. The predicted octanol–water partition coefficient (Wildman–Crippen LogP) is 4.40. The quantitative estimate of drug-likeness (QED) is 0.768. The lowest BCUT2D eigenvalue weighted by Gasteiger charge is -2.05. The zero-order chi connectivity index (χ0) is 14.7. The fourth-order valence-electron chi connectivity index (χ4n) is 2.51. The highest BCUT2D eigenvalue weighted by Gasteiger charge is 2.15. The van der Waals surface area contributed by atoms with Crippen molar-refractivity contribution in [2.24, 2.45) is 0 Å². The molecule has 0 bridgehead atoms. The Kier molecular flexibility index (Phi) is 3.82. The van der Waals surface area contributed by atoms with Gasteiger partial charge in [-0.05, 0) is 31.0 Å². The van der Waals surface area contributed by atoms with Crippen LogP contribution in [0.4, 0.5) is 0 Å². The third kappa shape index (κ3) is 2.72. The minimum Gasteiger partial charge on any atom is -0.341 e. The monoisotopic (exact) mass is 277 g/mol. The van der Waals surface area contributed by atoms with Crippen molar-refractivity contribution in [2.75, 3.05) is 0 Å². The molecule has 106 valence electrons. The zero-order valence-electron chi connectivity index (χ0n) is 12.4. The maximum absolute atomic E-state index is 4.77. The van der Waals surface area contributed by atoms with Crippen molar-refractivity contribution in [2.45, 2.75) is 26.7 Å². The summed E-state index contributed by atoms with van der Waals surface area (Å²) in [6.07, 6.45) is 3.83. The second kappa shape index (κ2) is 5.92. The summed E-state index contributed by atoms with van der Waals surface area (Å²) in [4.78, 5) is 12.7. The number of hydrogen-bond donors (Lipinski definition) is 1. The smallest absolute Gasteiger partial charge is 0.115 e. The summed E-state index contributed by atoms with van der Waals surface area (Å²) in [5.74, 6) is 1.02. The van der Waals surface area contributed by atoms with E-state index >= 15 is 0 Å². The molecule has 3 nitrogen and oxygen atoms in total. The van der Waals surface area contributed by atoms with Gasteiger partial charge in [-0.3, -0.25) is 4.98 Å². The van der Waals surface area contributed by atoms with Gasteiger partial charge in [0, 0.05) is 18.2 Å². The molecule has 1 aromatic carbocycles. The van der Waals surface area contributed by atoms with E-state index in [1.165, 1.54) is 11.1 Å². The van der Waals surface area contributed by atoms with Crippen molar-refractivity contribution >= 4 is 0 Å². The van der Waals surface area contributed by atoms with Gasteiger partial charge in [-0.15, -0.1) is 0 Å². The lowest BCUT2D eigenvalue weighted by atomic mass is 10.0. The van der Waals surface area contributed by atoms with Gasteiger partial charge < -0.3 is 4.98 Å². The van der Waals surface area contributed by atoms with Crippen LogP contribution in [-0.4, -0.2) is 15.0 Å². The summed E-state index contributed by atoms with van der Waals surface area (Å²) in [6.45, 7) is 4.29. The van der Waals surface area contributed by atoms with Crippen LogP contribution < -0.4 is 0 Å². The number of H-pyrrole nitrogens is 1. The Morgan fingerprint density at radius 2 is 1.86 bits per heavy atom. The van der Waals surface area contributed by atoms with Crippen LogP contribution in [0.15, 0.2) is 48.7 Å². The van der Waals surface area contributed by atoms with Gasteiger partial charge in [-0.25, -0.2) is 4.98 Å². The number of nitrogens with one attached hydrogen (secondary N) is 1. The number of aromatic nitrogens is 3. The van der Waals surface area contributed by atoms with E-state index in [-0.39, 0.29) is 0 Å². The highest BCUT2D eigenvalue weighted by molar-refractivity contribution is 5.78. The van der Waals surface area contributed by atoms with Crippen molar-refractivity contribution in [1.82, 2.24) is 15.0 Å². The average molecular weight is 277 g/mol. The van der Waals surface area contributed by atoms with E-state index in [9.17, 15) is 0 Å². The molecule has 0 radical (unpaired) electrons. The van der Waals surface area contributed by atoms with Crippen molar-refractivity contribution in [3.8, 4) is 22.6 Å². The second-order valence-corrected chi connectivity index (χ2v) is 5.19. The molecule has 0 unspecified atom stereocenters. The van der Waals surface area contributed by atoms with Crippen LogP contribution in [0.1, 0.15) is 24.7 Å². The van der Waals surface area contributed by atoms with E-state index in [2.05, 4.69) is 48.1 Å². The van der Waals surface area contributed by atoms with Gasteiger partial charge in [0.25, 0.3) is 0 Å². The van der Waals surface area contributed by atoms with Crippen molar-refractivity contribution in [1.29, 1.82) is 0 Å². The predicted molar refractivity (Wildman–Crippen MR) is 86.0 cm³/mol. The Labute approximate surface area is 125 Å². The molecule has 0 aliphatic carbocycles.